The summed E-state index contributed by atoms with van der Waals surface area (Å²) in [7, 11) is 1.76. The third-order valence-corrected chi connectivity index (χ3v) is 4.65. The average Bonchev–Trinajstić information content (AvgIpc) is 3.21. The summed E-state index contributed by atoms with van der Waals surface area (Å²) in [5, 5.41) is 0.663. The van der Waals surface area contributed by atoms with Crippen molar-refractivity contribution in [1.82, 2.24) is 4.90 Å². The highest BCUT2D eigenvalue weighted by Gasteiger charge is 2.17. The van der Waals surface area contributed by atoms with E-state index in [4.69, 9.17) is 25.8 Å². The molecule has 1 aliphatic heterocycles. The first kappa shape index (κ1) is 19.5. The zero-order valence-electron chi connectivity index (χ0n) is 15.4. The normalized spacial score (nSPS) is 16.1. The molecule has 0 saturated carbocycles. The van der Waals surface area contributed by atoms with Crippen LogP contribution in [-0.4, -0.2) is 50.3 Å². The number of hydrogen-bond donors (Lipinski definition) is 0. The van der Waals surface area contributed by atoms with Crippen molar-refractivity contribution in [1.29, 1.82) is 0 Å². The minimum absolute atomic E-state index is 0.0720. The van der Waals surface area contributed by atoms with E-state index in [0.29, 0.717) is 36.1 Å². The number of carbonyl (C=O) groups excluding carboxylic acids is 1. The molecule has 0 radical (unpaired) electrons. The first-order chi connectivity index (χ1) is 13.1. The smallest absolute Gasteiger partial charge is 0.253 e. The van der Waals surface area contributed by atoms with Gasteiger partial charge in [-0.15, -0.1) is 0 Å². The average molecular weight is 390 g/mol. The molecule has 0 bridgehead atoms. The highest BCUT2D eigenvalue weighted by molar-refractivity contribution is 6.30. The number of halogens is 1. The standard InChI is InChI=1S/C21H24ClNO4/c1-23(11-13-26-18-9-7-17(22)8-10-18)21(24)16-4-2-5-19(14-16)27-15-20-6-3-12-25-20/h2,4-5,7-10,14,20H,3,6,11-13,15H2,1H3. The molecule has 1 fully saturated rings. The number of hydrogen-bond acceptors (Lipinski definition) is 4. The Morgan fingerprint density at radius 2 is 2.00 bits per heavy atom. The molecule has 6 heteroatoms. The van der Waals surface area contributed by atoms with E-state index in [1.54, 1.807) is 48.3 Å². The summed E-state index contributed by atoms with van der Waals surface area (Å²) in [5.41, 5.74) is 0.592. The number of rotatable bonds is 8. The van der Waals surface area contributed by atoms with Crippen molar-refractivity contribution < 1.29 is 19.0 Å². The van der Waals surface area contributed by atoms with Gasteiger partial charge in [-0.05, 0) is 55.3 Å². The van der Waals surface area contributed by atoms with Crippen molar-refractivity contribution in [2.45, 2.75) is 18.9 Å². The highest BCUT2D eigenvalue weighted by atomic mass is 35.5. The van der Waals surface area contributed by atoms with Crippen LogP contribution in [0.25, 0.3) is 0 Å². The lowest BCUT2D eigenvalue weighted by atomic mass is 10.2. The van der Waals surface area contributed by atoms with Gasteiger partial charge in [0.15, 0.2) is 0 Å². The van der Waals surface area contributed by atoms with Gasteiger partial charge in [-0.25, -0.2) is 0 Å². The molecule has 0 N–H and O–H groups in total. The number of nitrogens with zero attached hydrogens (tertiary/aromatic N) is 1. The molecule has 1 amide bonds. The number of benzene rings is 2. The van der Waals surface area contributed by atoms with Crippen molar-refractivity contribution in [2.24, 2.45) is 0 Å². The maximum absolute atomic E-state index is 12.6. The first-order valence-electron chi connectivity index (χ1n) is 9.10. The summed E-state index contributed by atoms with van der Waals surface area (Å²) in [4.78, 5) is 14.3. The van der Waals surface area contributed by atoms with E-state index in [1.807, 2.05) is 12.1 Å². The second-order valence-corrected chi connectivity index (χ2v) is 6.94. The molecule has 2 aromatic rings. The van der Waals surface area contributed by atoms with Crippen LogP contribution in [-0.2, 0) is 4.74 Å². The summed E-state index contributed by atoms with van der Waals surface area (Å²) in [6.45, 7) is 2.19. The Morgan fingerprint density at radius 1 is 1.19 bits per heavy atom. The first-order valence-corrected chi connectivity index (χ1v) is 9.48. The molecule has 27 heavy (non-hydrogen) atoms. The lowest BCUT2D eigenvalue weighted by molar-refractivity contribution is 0.0678. The summed E-state index contributed by atoms with van der Waals surface area (Å²) in [5.74, 6) is 1.34. The molecule has 1 saturated heterocycles. The molecule has 1 aliphatic rings. The predicted octanol–water partition coefficient (Wildman–Crippen LogP) is 4.05. The second-order valence-electron chi connectivity index (χ2n) is 6.50. The Kier molecular flexibility index (Phi) is 6.96. The lowest BCUT2D eigenvalue weighted by Gasteiger charge is -2.18. The Morgan fingerprint density at radius 3 is 2.74 bits per heavy atom. The molecule has 1 atom stereocenters. The molecule has 0 aromatic heterocycles. The van der Waals surface area contributed by atoms with Gasteiger partial charge in [-0.3, -0.25) is 4.79 Å². The van der Waals surface area contributed by atoms with Gasteiger partial charge < -0.3 is 19.1 Å². The van der Waals surface area contributed by atoms with E-state index >= 15 is 0 Å². The quantitative estimate of drug-likeness (QED) is 0.683. The monoisotopic (exact) mass is 389 g/mol. The minimum atomic E-state index is -0.0720. The van der Waals surface area contributed by atoms with E-state index in [9.17, 15) is 4.79 Å². The maximum Gasteiger partial charge on any atom is 0.253 e. The molecule has 2 aromatic carbocycles. The highest BCUT2D eigenvalue weighted by Crippen LogP contribution is 2.18. The topological polar surface area (TPSA) is 48.0 Å². The predicted molar refractivity (Wildman–Crippen MR) is 105 cm³/mol. The zero-order chi connectivity index (χ0) is 19.1. The molecule has 144 valence electrons. The van der Waals surface area contributed by atoms with E-state index in [0.717, 1.165) is 25.2 Å². The SMILES string of the molecule is CN(CCOc1ccc(Cl)cc1)C(=O)c1cccc(OCC2CCCO2)c1. The Labute approximate surface area is 164 Å². The summed E-state index contributed by atoms with van der Waals surface area (Å²) in [6.07, 6.45) is 2.25. The lowest BCUT2D eigenvalue weighted by Crippen LogP contribution is -2.30. The molecule has 0 aliphatic carbocycles. The van der Waals surface area contributed by atoms with Crippen LogP contribution in [0.2, 0.25) is 5.02 Å². The molecular weight excluding hydrogens is 366 g/mol. The second kappa shape index (κ2) is 9.62. The van der Waals surface area contributed by atoms with Crippen LogP contribution < -0.4 is 9.47 Å². The minimum Gasteiger partial charge on any atom is -0.492 e. The van der Waals surface area contributed by atoms with Crippen molar-refractivity contribution in [2.75, 3.05) is 33.4 Å². The van der Waals surface area contributed by atoms with Crippen LogP contribution in [0.1, 0.15) is 23.2 Å². The van der Waals surface area contributed by atoms with Gasteiger partial charge in [0.25, 0.3) is 5.91 Å². The van der Waals surface area contributed by atoms with Crippen molar-refractivity contribution in [3.05, 3.63) is 59.1 Å². The van der Waals surface area contributed by atoms with E-state index < -0.39 is 0 Å². The summed E-state index contributed by atoms with van der Waals surface area (Å²) in [6, 6.07) is 14.4. The summed E-state index contributed by atoms with van der Waals surface area (Å²) >= 11 is 5.85. The van der Waals surface area contributed by atoms with Crippen molar-refractivity contribution >= 4 is 17.5 Å². The van der Waals surface area contributed by atoms with Crippen LogP contribution in [0.4, 0.5) is 0 Å². The maximum atomic E-state index is 12.6. The van der Waals surface area contributed by atoms with Gasteiger partial charge in [-0.1, -0.05) is 17.7 Å². The Hall–Kier alpha value is -2.24. The fraction of sp³-hybridized carbons (Fsp3) is 0.381. The van der Waals surface area contributed by atoms with Crippen LogP contribution in [0, 0.1) is 0 Å². The zero-order valence-corrected chi connectivity index (χ0v) is 16.2. The van der Waals surface area contributed by atoms with Gasteiger partial charge in [0, 0.05) is 24.2 Å². The number of amides is 1. The van der Waals surface area contributed by atoms with Gasteiger partial charge >= 0.3 is 0 Å². The van der Waals surface area contributed by atoms with Crippen molar-refractivity contribution in [3.63, 3.8) is 0 Å². The van der Waals surface area contributed by atoms with Gasteiger partial charge in [0.1, 0.15) is 24.7 Å². The van der Waals surface area contributed by atoms with E-state index in [2.05, 4.69) is 0 Å². The van der Waals surface area contributed by atoms with E-state index in [1.165, 1.54) is 0 Å². The Bertz CT molecular complexity index is 744. The molecule has 5 nitrogen and oxygen atoms in total. The van der Waals surface area contributed by atoms with Crippen LogP contribution >= 0.6 is 11.6 Å². The van der Waals surface area contributed by atoms with Crippen molar-refractivity contribution in [3.8, 4) is 11.5 Å². The fourth-order valence-corrected chi connectivity index (χ4v) is 2.96. The van der Waals surface area contributed by atoms with Crippen LogP contribution in [0.15, 0.2) is 48.5 Å². The molecule has 3 rings (SSSR count). The van der Waals surface area contributed by atoms with E-state index in [-0.39, 0.29) is 12.0 Å². The fourth-order valence-electron chi connectivity index (χ4n) is 2.84. The third-order valence-electron chi connectivity index (χ3n) is 4.40. The van der Waals surface area contributed by atoms with Gasteiger partial charge in [0.2, 0.25) is 0 Å². The number of likely N-dealkylation sites (N-methyl/N-ethyl adjacent to an activating group) is 1. The largest absolute Gasteiger partial charge is 0.492 e. The third kappa shape index (κ3) is 5.88. The molecular formula is C21H24ClNO4. The van der Waals surface area contributed by atoms with Gasteiger partial charge in [-0.2, -0.15) is 0 Å². The number of ether oxygens (including phenoxy) is 3. The molecule has 1 heterocycles. The number of carbonyl (C=O) groups is 1. The van der Waals surface area contributed by atoms with Crippen LogP contribution in [0.5, 0.6) is 11.5 Å². The summed E-state index contributed by atoms with van der Waals surface area (Å²) < 4.78 is 17.0. The Balaban J connectivity index is 1.48. The van der Waals surface area contributed by atoms with Gasteiger partial charge in [0.05, 0.1) is 12.6 Å². The molecule has 1 unspecified atom stereocenters. The van der Waals surface area contributed by atoms with Crippen LogP contribution in [0.3, 0.4) is 0 Å². The molecule has 0 spiro atoms.